The number of carbonyl (C=O) groups is 7. The van der Waals surface area contributed by atoms with E-state index in [9.17, 15) is 43.7 Å². The number of nitrogens with two attached hydrogens (primary N) is 4. The van der Waals surface area contributed by atoms with Gasteiger partial charge in [0.1, 0.15) is 0 Å². The van der Waals surface area contributed by atoms with Crippen LogP contribution in [0, 0.1) is 16.0 Å². The van der Waals surface area contributed by atoms with Crippen molar-refractivity contribution in [2.45, 2.75) is 46.8 Å². The fraction of sp³-hybridized carbons (Fsp3) is 0.221. The maximum atomic E-state index is 12.4. The number of non-ortho nitro benzene ring substituents is 1. The normalized spacial score (nSPS) is 14.2. The van der Waals surface area contributed by atoms with Crippen molar-refractivity contribution in [1.82, 2.24) is 36.1 Å². The van der Waals surface area contributed by atoms with Crippen LogP contribution in [0.3, 0.4) is 0 Å². The number of carbonyl (C=O) groups excluding carboxylic acids is 7. The number of urea groups is 1. The molecule has 28 nitrogen and oxygen atoms in total. The molecule has 1 saturated heterocycles. The van der Waals surface area contributed by atoms with Gasteiger partial charge in [0.25, 0.3) is 20.6 Å². The van der Waals surface area contributed by atoms with E-state index < -0.39 is 4.92 Å². The summed E-state index contributed by atoms with van der Waals surface area (Å²) in [7, 11) is 2.10. The number of likely N-dealkylation sites (tertiary alicyclic amines) is 1. The van der Waals surface area contributed by atoms with Crippen LogP contribution in [0.25, 0.3) is 0 Å². The van der Waals surface area contributed by atoms with E-state index >= 15 is 0 Å². The molecule has 0 saturated carbocycles. The van der Waals surface area contributed by atoms with Crippen LogP contribution < -0.4 is 44.7 Å². The number of amides is 6. The lowest BCUT2D eigenvalue weighted by Gasteiger charge is -2.23. The van der Waals surface area contributed by atoms with Crippen molar-refractivity contribution in [1.29, 1.82) is 0 Å². The van der Waals surface area contributed by atoms with Crippen molar-refractivity contribution >= 4 is 257 Å². The number of benzene rings is 9. The number of nitrogens with zero attached hydrogens (tertiary/aromatic N) is 9. The Balaban J connectivity index is 0.000000237. The average Bonchev–Trinajstić information content (AvgIpc) is 1.27. The molecule has 0 radical (unpaired) electrons. The number of thioether (sulfide) groups is 4. The third-order valence-corrected chi connectivity index (χ3v) is 23.1. The first kappa shape index (κ1) is 107. The van der Waals surface area contributed by atoms with Crippen LogP contribution in [-0.4, -0.2) is 164 Å². The van der Waals surface area contributed by atoms with E-state index in [0.717, 1.165) is 87.5 Å². The maximum Gasteiger partial charge on any atom is 0.319 e. The van der Waals surface area contributed by atoms with Gasteiger partial charge in [0.15, 0.2) is 11.6 Å². The average molecular weight is 2060 g/mol. The van der Waals surface area contributed by atoms with Crippen LogP contribution in [0.4, 0.5) is 41.0 Å². The first-order valence-electron chi connectivity index (χ1n) is 38.3. The molecule has 5 heterocycles. The molecule has 0 spiro atoms. The SMILES string of the molecule is CC(=O)c1ccc(Cl)cc1.CCOC(=S)Cl.CCOC(=S)NN.CN1CCC(CNC(=O)Nc2cccc(CN3N=C(c4ccc(Cl)cc4)CSC3=O)c2)C1.NN.Nc1cccc(CN2N=C(c3ccc(Cl)cc3)CSC2=O)c1.O=C(CBr)c1ccc(Cl)cc1.O=C1NN=C(c2ccc(Cl)cc2)CS1.O=C1SCC(c2ccc(Cl)cc2)=NN1Cc1cccc([N+](=O)[O-])c1. The van der Waals surface area contributed by atoms with Gasteiger partial charge in [-0.1, -0.05) is 218 Å². The van der Waals surface area contributed by atoms with Crippen molar-refractivity contribution in [3.05, 3.63) is 309 Å². The summed E-state index contributed by atoms with van der Waals surface area (Å²) in [5.41, 5.74) is 22.7. The standard InChI is InChI=1S/C23H26ClN5O2S.C16H12ClN3O3S.C16H14ClN3OS.C9H7ClN2OS.C8H6BrClO.C8H7ClO.C3H5ClOS.C3H8N2OS.H4N2/c1-28-10-9-17(13-28)12-25-22(30)26-20-4-2-3-16(11-20)14-29-23(31)32-15-21(27-29)18-5-7-19(24)8-6-18;17-13-6-4-12(5-7-13)15-10-24-16(21)19(18-15)9-11-2-1-3-14(8-11)20(22)23;17-13-6-4-12(5-7-13)15-10-22-16(21)20(19-15)9-11-2-1-3-14(18)8-11;10-7-3-1-6(2-4-7)8-5-14-9(13)12-11-8;9-5-8(11)6-1-3-7(10)4-2-6;1-6(10)7-2-4-8(9)5-3-7;1-2-5-3(4)6;1-2-6-3(7)5-4;1-2/h2-8,11,17H,9-10,12-15H2,1H3,(H2,25,26,30);1-8H,9-10H2;1-8H,9-10,18H2;1-4H,5H2,(H,12,13);1-4H,5H2;2-5H,1H3;2H2,1H3;2,4H2,1H3,(H,5,7);1-2H2. The molecule has 1 unspecified atom stereocenters. The van der Waals surface area contributed by atoms with E-state index in [1.807, 2.05) is 135 Å². The van der Waals surface area contributed by atoms with E-state index in [0.29, 0.717) is 125 Å². The first-order chi connectivity index (χ1) is 61.4. The topological polar surface area (TPSA) is 396 Å². The number of nitro groups is 1. The van der Waals surface area contributed by atoms with Crippen molar-refractivity contribution < 1.29 is 48.0 Å². The number of halogens is 8. The molecule has 12 N–H and O–H groups in total. The minimum absolute atomic E-state index is 0.00786. The Labute approximate surface area is 812 Å². The van der Waals surface area contributed by atoms with Crippen LogP contribution in [0.5, 0.6) is 0 Å². The highest BCUT2D eigenvalue weighted by molar-refractivity contribution is 9.09. The Hall–Kier alpha value is -9.32. The van der Waals surface area contributed by atoms with E-state index in [1.165, 1.54) is 69.4 Å². The van der Waals surface area contributed by atoms with Gasteiger partial charge in [-0.2, -0.15) is 20.4 Å². The van der Waals surface area contributed by atoms with Gasteiger partial charge in [-0.15, -0.1) is 0 Å². The lowest BCUT2D eigenvalue weighted by Crippen LogP contribution is -2.34. The molecule has 0 bridgehead atoms. The van der Waals surface area contributed by atoms with Gasteiger partial charge in [0, 0.05) is 101 Å². The molecular weight excluding hydrogens is 1970 g/mol. The molecule has 5 aliphatic rings. The molecule has 676 valence electrons. The Morgan fingerprint density at radius 2 is 0.953 bits per heavy atom. The van der Waals surface area contributed by atoms with E-state index in [1.54, 1.807) is 84.9 Å². The predicted octanol–water partition coefficient (Wildman–Crippen LogP) is 20.9. The van der Waals surface area contributed by atoms with Crippen molar-refractivity contribution in [2.24, 2.45) is 43.9 Å². The molecule has 0 aromatic heterocycles. The first-order valence-corrected chi connectivity index (χ1v) is 46.8. The molecule has 128 heavy (non-hydrogen) atoms. The zero-order valence-electron chi connectivity index (χ0n) is 69.1. The third kappa shape index (κ3) is 40.0. The number of nitrogens with one attached hydrogen (secondary N) is 4. The van der Waals surface area contributed by atoms with Gasteiger partial charge in [-0.3, -0.25) is 56.0 Å². The number of alkyl halides is 1. The fourth-order valence-electron chi connectivity index (χ4n) is 11.0. The summed E-state index contributed by atoms with van der Waals surface area (Å²) in [5, 5.41) is 42.5. The predicted molar refractivity (Wildman–Crippen MR) is 537 cm³/mol. The van der Waals surface area contributed by atoms with Gasteiger partial charge in [0.05, 0.1) is 65.9 Å². The molecule has 6 amide bonds. The number of ether oxygens (including phenoxy) is 2. The van der Waals surface area contributed by atoms with Crippen LogP contribution in [0.15, 0.2) is 239 Å². The molecule has 1 atom stereocenters. The van der Waals surface area contributed by atoms with Crippen LogP contribution in [0.2, 0.25) is 30.1 Å². The van der Waals surface area contributed by atoms with E-state index in [4.69, 9.17) is 92.8 Å². The van der Waals surface area contributed by atoms with Gasteiger partial charge in [0.2, 0.25) is 0 Å². The quantitative estimate of drug-likeness (QED) is 0.00545. The number of hydrogen-bond donors (Lipinski definition) is 8. The second-order valence-corrected chi connectivity index (χ2v) is 34.8. The molecule has 42 heteroatoms. The highest BCUT2D eigenvalue weighted by atomic mass is 79.9. The Morgan fingerprint density at radius 3 is 1.30 bits per heavy atom. The van der Waals surface area contributed by atoms with Gasteiger partial charge in [-0.05, 0) is 243 Å². The van der Waals surface area contributed by atoms with Gasteiger partial charge in [-0.25, -0.2) is 31.1 Å². The second-order valence-electron chi connectivity index (χ2n) is 26.5. The monoisotopic (exact) mass is 2050 g/mol. The Bertz CT molecular complexity index is 5350. The zero-order valence-corrected chi connectivity index (χ0v) is 80.8. The number of hydrazone groups is 4. The zero-order chi connectivity index (χ0) is 93.6. The molecule has 0 aliphatic carbocycles. The number of Topliss-reactive ketones (excluding diaryl/α,β-unsaturated/α-hetero) is 2. The molecule has 1 fully saturated rings. The highest BCUT2D eigenvalue weighted by Crippen LogP contribution is 2.29. The third-order valence-electron chi connectivity index (χ3n) is 17.2. The maximum absolute atomic E-state index is 12.4. The molecule has 9 aromatic rings. The number of ketones is 2. The van der Waals surface area contributed by atoms with E-state index in [-0.39, 0.29) is 60.5 Å². The smallest absolute Gasteiger partial charge is 0.319 e. The molecule has 14 rings (SSSR count). The number of hydrazine groups is 2. The van der Waals surface area contributed by atoms with E-state index in [2.05, 4.69) is 115 Å². The number of hydrogen-bond acceptors (Lipinski definition) is 26. The number of nitrogen functional groups attached to an aromatic ring is 1. The second kappa shape index (κ2) is 58.4. The number of anilines is 2. The van der Waals surface area contributed by atoms with Crippen LogP contribution in [-0.2, 0) is 29.1 Å². The highest BCUT2D eigenvalue weighted by Gasteiger charge is 2.27. The molecular formula is C86H89BrCl7N17O11S6. The lowest BCUT2D eigenvalue weighted by molar-refractivity contribution is -0.384. The molecule has 9 aromatic carbocycles. The van der Waals surface area contributed by atoms with Gasteiger partial charge >= 0.3 is 21.7 Å². The number of rotatable bonds is 19. The largest absolute Gasteiger partial charge is 0.475 e. The fourth-order valence-corrected chi connectivity index (χ4v) is 15.3. The number of thiocarbonyl (C=S) groups is 2. The lowest BCUT2D eigenvalue weighted by atomic mass is 10.1. The summed E-state index contributed by atoms with van der Waals surface area (Å²) in [5.74, 6) is 15.6. The van der Waals surface area contributed by atoms with Crippen molar-refractivity contribution in [3.63, 3.8) is 0 Å². The summed E-state index contributed by atoms with van der Waals surface area (Å²) >= 11 is 56.6. The Morgan fingerprint density at radius 1 is 0.562 bits per heavy atom. The van der Waals surface area contributed by atoms with Gasteiger partial charge < -0.3 is 30.7 Å². The Kier molecular flexibility index (Phi) is 49.0. The summed E-state index contributed by atoms with van der Waals surface area (Å²) in [6, 6.07) is 64.1. The minimum Gasteiger partial charge on any atom is -0.475 e. The van der Waals surface area contributed by atoms with Crippen LogP contribution >= 0.6 is 169 Å². The summed E-state index contributed by atoms with van der Waals surface area (Å²) < 4.78 is 9.32. The van der Waals surface area contributed by atoms with Crippen molar-refractivity contribution in [2.75, 3.05) is 79.3 Å². The number of nitro benzene ring substituents is 1. The molecule has 5 aliphatic heterocycles. The summed E-state index contributed by atoms with van der Waals surface area (Å²) in [4.78, 5) is 94.1. The minimum atomic E-state index is -0.460. The summed E-state index contributed by atoms with van der Waals surface area (Å²) in [6.07, 6.45) is 1.10. The van der Waals surface area contributed by atoms with Crippen LogP contribution in [0.1, 0.15) is 86.9 Å². The summed E-state index contributed by atoms with van der Waals surface area (Å²) in [6.45, 7) is 9.99. The van der Waals surface area contributed by atoms with Crippen molar-refractivity contribution in [3.8, 4) is 0 Å².